The van der Waals surface area contributed by atoms with Crippen molar-refractivity contribution in [1.29, 1.82) is 0 Å². The molecule has 0 aromatic rings. The molecule has 1 saturated carbocycles. The first kappa shape index (κ1) is 12.3. The average Bonchev–Trinajstić information content (AvgIpc) is 2.92. The number of nitrogens with zero attached hydrogens (tertiary/aromatic N) is 1. The van der Waals surface area contributed by atoms with Crippen molar-refractivity contribution in [2.45, 2.75) is 44.9 Å². The third-order valence-electron chi connectivity index (χ3n) is 3.43. The number of hydrogen-bond acceptors (Lipinski definition) is 4. The SMILES string of the molecule is CC(C)(CNC1CC1)CN1CC(O)C(O)C1. The van der Waals surface area contributed by atoms with E-state index in [-0.39, 0.29) is 5.41 Å². The lowest BCUT2D eigenvalue weighted by Crippen LogP contribution is -2.40. The Kier molecular flexibility index (Phi) is 3.54. The Labute approximate surface area is 97.6 Å². The molecule has 16 heavy (non-hydrogen) atoms. The van der Waals surface area contributed by atoms with Gasteiger partial charge in [-0.1, -0.05) is 13.8 Å². The van der Waals surface area contributed by atoms with Gasteiger partial charge in [-0.25, -0.2) is 0 Å². The largest absolute Gasteiger partial charge is 0.389 e. The summed E-state index contributed by atoms with van der Waals surface area (Å²) in [5.74, 6) is 0. The highest BCUT2D eigenvalue weighted by molar-refractivity contribution is 4.89. The van der Waals surface area contributed by atoms with Crippen LogP contribution in [0.2, 0.25) is 0 Å². The van der Waals surface area contributed by atoms with E-state index in [0.29, 0.717) is 13.1 Å². The first-order valence-corrected chi connectivity index (χ1v) is 6.28. The van der Waals surface area contributed by atoms with Gasteiger partial charge in [-0.15, -0.1) is 0 Å². The van der Waals surface area contributed by atoms with Gasteiger partial charge in [-0.3, -0.25) is 4.90 Å². The van der Waals surface area contributed by atoms with E-state index in [0.717, 1.165) is 19.1 Å². The quantitative estimate of drug-likeness (QED) is 0.610. The Morgan fingerprint density at radius 1 is 1.19 bits per heavy atom. The summed E-state index contributed by atoms with van der Waals surface area (Å²) in [5.41, 5.74) is 0.201. The molecule has 0 amide bonds. The monoisotopic (exact) mass is 228 g/mol. The first-order chi connectivity index (χ1) is 7.46. The predicted molar refractivity (Wildman–Crippen MR) is 63.3 cm³/mol. The van der Waals surface area contributed by atoms with E-state index in [1.165, 1.54) is 12.8 Å². The van der Waals surface area contributed by atoms with Crippen molar-refractivity contribution >= 4 is 0 Å². The van der Waals surface area contributed by atoms with Crippen LogP contribution in [0.5, 0.6) is 0 Å². The number of aliphatic hydroxyl groups is 2. The maximum absolute atomic E-state index is 9.49. The van der Waals surface area contributed by atoms with E-state index in [4.69, 9.17) is 0 Å². The van der Waals surface area contributed by atoms with E-state index in [1.807, 2.05) is 0 Å². The van der Waals surface area contributed by atoms with Crippen LogP contribution in [0.4, 0.5) is 0 Å². The highest BCUT2D eigenvalue weighted by Gasteiger charge is 2.33. The first-order valence-electron chi connectivity index (χ1n) is 6.28. The second-order valence-corrected chi connectivity index (χ2v) is 6.15. The maximum Gasteiger partial charge on any atom is 0.0938 e. The average molecular weight is 228 g/mol. The summed E-state index contributed by atoms with van der Waals surface area (Å²) in [4.78, 5) is 2.16. The number of hydrogen-bond donors (Lipinski definition) is 3. The molecule has 4 nitrogen and oxygen atoms in total. The normalized spacial score (nSPS) is 32.2. The molecule has 2 unspecified atom stereocenters. The predicted octanol–water partition coefficient (Wildman–Crippen LogP) is -0.198. The van der Waals surface area contributed by atoms with E-state index < -0.39 is 12.2 Å². The Balaban J connectivity index is 1.74. The topological polar surface area (TPSA) is 55.7 Å². The van der Waals surface area contributed by atoms with Crippen molar-refractivity contribution in [2.24, 2.45) is 5.41 Å². The number of nitrogens with one attached hydrogen (secondary N) is 1. The number of aliphatic hydroxyl groups excluding tert-OH is 2. The van der Waals surface area contributed by atoms with Crippen LogP contribution in [-0.2, 0) is 0 Å². The zero-order valence-corrected chi connectivity index (χ0v) is 10.3. The van der Waals surface area contributed by atoms with Gasteiger partial charge in [-0.2, -0.15) is 0 Å². The van der Waals surface area contributed by atoms with Crippen LogP contribution in [-0.4, -0.2) is 59.5 Å². The van der Waals surface area contributed by atoms with E-state index in [2.05, 4.69) is 24.1 Å². The Morgan fingerprint density at radius 3 is 2.25 bits per heavy atom. The molecule has 0 radical (unpaired) electrons. The lowest BCUT2D eigenvalue weighted by molar-refractivity contribution is 0.0572. The van der Waals surface area contributed by atoms with Crippen molar-refractivity contribution in [2.75, 3.05) is 26.2 Å². The molecule has 0 aromatic carbocycles. The molecular formula is C12H24N2O2. The molecular weight excluding hydrogens is 204 g/mol. The van der Waals surface area contributed by atoms with Gasteiger partial charge in [0.05, 0.1) is 12.2 Å². The molecule has 1 saturated heterocycles. The van der Waals surface area contributed by atoms with Crippen LogP contribution in [0.3, 0.4) is 0 Å². The fourth-order valence-corrected chi connectivity index (χ4v) is 2.35. The summed E-state index contributed by atoms with van der Waals surface area (Å²) in [7, 11) is 0. The van der Waals surface area contributed by atoms with E-state index >= 15 is 0 Å². The highest BCUT2D eigenvalue weighted by atomic mass is 16.3. The van der Waals surface area contributed by atoms with Gasteiger partial charge in [0.25, 0.3) is 0 Å². The van der Waals surface area contributed by atoms with Crippen molar-refractivity contribution in [3.63, 3.8) is 0 Å². The second kappa shape index (κ2) is 4.61. The molecule has 1 heterocycles. The van der Waals surface area contributed by atoms with Gasteiger partial charge in [0.1, 0.15) is 0 Å². The Hall–Kier alpha value is -0.160. The molecule has 4 heteroatoms. The Morgan fingerprint density at radius 2 is 1.75 bits per heavy atom. The maximum atomic E-state index is 9.49. The summed E-state index contributed by atoms with van der Waals surface area (Å²) in [6.07, 6.45) is 1.51. The minimum absolute atomic E-state index is 0.201. The molecule has 2 fully saturated rings. The highest BCUT2D eigenvalue weighted by Crippen LogP contribution is 2.23. The summed E-state index contributed by atoms with van der Waals surface area (Å²) in [5, 5.41) is 22.5. The van der Waals surface area contributed by atoms with Crippen molar-refractivity contribution in [3.05, 3.63) is 0 Å². The molecule has 1 aliphatic carbocycles. The van der Waals surface area contributed by atoms with Gasteiger partial charge in [0.15, 0.2) is 0 Å². The number of rotatable bonds is 5. The van der Waals surface area contributed by atoms with Crippen molar-refractivity contribution < 1.29 is 10.2 Å². The fraction of sp³-hybridized carbons (Fsp3) is 1.00. The van der Waals surface area contributed by atoms with E-state index in [1.54, 1.807) is 0 Å². The molecule has 1 aliphatic heterocycles. The van der Waals surface area contributed by atoms with Crippen LogP contribution < -0.4 is 5.32 Å². The minimum Gasteiger partial charge on any atom is -0.389 e. The second-order valence-electron chi connectivity index (χ2n) is 6.15. The molecule has 0 aromatic heterocycles. The van der Waals surface area contributed by atoms with Crippen LogP contribution >= 0.6 is 0 Å². The molecule has 2 atom stereocenters. The molecule has 94 valence electrons. The van der Waals surface area contributed by atoms with E-state index in [9.17, 15) is 10.2 Å². The minimum atomic E-state index is -0.563. The number of likely N-dealkylation sites (tertiary alicyclic amines) is 1. The third-order valence-corrected chi connectivity index (χ3v) is 3.43. The summed E-state index contributed by atoms with van der Waals surface area (Å²) >= 11 is 0. The smallest absolute Gasteiger partial charge is 0.0938 e. The van der Waals surface area contributed by atoms with Crippen LogP contribution in [0.1, 0.15) is 26.7 Å². The van der Waals surface area contributed by atoms with Gasteiger partial charge >= 0.3 is 0 Å². The molecule has 2 aliphatic rings. The molecule has 0 bridgehead atoms. The fourth-order valence-electron chi connectivity index (χ4n) is 2.35. The number of β-amino-alcohol motifs (C(OH)–C–C–N with tert-alkyl or cyclic N) is 2. The molecule has 0 spiro atoms. The summed E-state index contributed by atoms with van der Waals surface area (Å²) < 4.78 is 0. The van der Waals surface area contributed by atoms with Crippen molar-refractivity contribution in [3.8, 4) is 0 Å². The molecule has 2 rings (SSSR count). The molecule has 3 N–H and O–H groups in total. The summed E-state index contributed by atoms with van der Waals surface area (Å²) in [6.45, 7) is 7.63. The van der Waals surface area contributed by atoms with Gasteiger partial charge < -0.3 is 15.5 Å². The zero-order chi connectivity index (χ0) is 11.8. The van der Waals surface area contributed by atoms with Crippen molar-refractivity contribution in [1.82, 2.24) is 10.2 Å². The van der Waals surface area contributed by atoms with Crippen LogP contribution in [0.25, 0.3) is 0 Å². The lowest BCUT2D eigenvalue weighted by atomic mass is 9.92. The van der Waals surface area contributed by atoms with Gasteiger partial charge in [0, 0.05) is 32.2 Å². The zero-order valence-electron chi connectivity index (χ0n) is 10.3. The standard InChI is InChI=1S/C12H24N2O2/c1-12(2,7-13-9-3-4-9)8-14-5-10(15)11(16)6-14/h9-11,13,15-16H,3-8H2,1-2H3. The Bertz CT molecular complexity index is 231. The third kappa shape index (κ3) is 3.42. The van der Waals surface area contributed by atoms with Gasteiger partial charge in [0.2, 0.25) is 0 Å². The lowest BCUT2D eigenvalue weighted by Gasteiger charge is -2.30. The van der Waals surface area contributed by atoms with Gasteiger partial charge in [-0.05, 0) is 18.3 Å². The summed E-state index contributed by atoms with van der Waals surface area (Å²) in [6, 6.07) is 0.744. The van der Waals surface area contributed by atoms with Crippen LogP contribution in [0.15, 0.2) is 0 Å². The van der Waals surface area contributed by atoms with Crippen LogP contribution in [0, 0.1) is 5.41 Å².